The summed E-state index contributed by atoms with van der Waals surface area (Å²) >= 11 is 1.43. The van der Waals surface area contributed by atoms with Crippen LogP contribution in [0, 0.1) is 0 Å². The summed E-state index contributed by atoms with van der Waals surface area (Å²) in [4.78, 5) is 30.0. The van der Waals surface area contributed by atoms with Crippen LogP contribution in [-0.4, -0.2) is 70.4 Å². The van der Waals surface area contributed by atoms with Crippen LogP contribution < -0.4 is 5.32 Å². The van der Waals surface area contributed by atoms with E-state index in [1.165, 1.54) is 23.8 Å². The van der Waals surface area contributed by atoms with Gasteiger partial charge in [-0.15, -0.1) is 11.3 Å². The lowest BCUT2D eigenvalue weighted by Gasteiger charge is -2.26. The molecule has 9 heteroatoms. The van der Waals surface area contributed by atoms with Crippen molar-refractivity contribution in [2.45, 2.75) is 32.0 Å². The van der Waals surface area contributed by atoms with Gasteiger partial charge in [0.1, 0.15) is 5.01 Å². The van der Waals surface area contributed by atoms with Crippen molar-refractivity contribution in [2.75, 3.05) is 26.3 Å². The minimum atomic E-state index is -1.33. The molecule has 2 heterocycles. The molecule has 0 bridgehead atoms. The molecule has 0 spiro atoms. The third-order valence-electron chi connectivity index (χ3n) is 4.67. The van der Waals surface area contributed by atoms with Crippen molar-refractivity contribution in [2.24, 2.45) is 0 Å². The maximum Gasteiger partial charge on any atom is 0.328 e. The lowest BCUT2D eigenvalue weighted by Crippen LogP contribution is -2.48. The standard InChI is InChI=1S/C20H25N3O5S/c1-13(24)18(20(26)27)22-17(25)10-16-12-29-19(21-16)15-4-2-14(3-5-15)11-23-6-8-28-9-7-23/h2-5,12-13,18,24H,6-11H2,1H3,(H,22,25)(H,26,27). The van der Waals surface area contributed by atoms with Crippen LogP contribution in [-0.2, 0) is 27.3 Å². The van der Waals surface area contributed by atoms with E-state index < -0.39 is 24.0 Å². The number of ether oxygens (including phenoxy) is 1. The molecule has 3 rings (SSSR count). The summed E-state index contributed by atoms with van der Waals surface area (Å²) in [6.45, 7) is 5.65. The first-order valence-corrected chi connectivity index (χ1v) is 10.3. The summed E-state index contributed by atoms with van der Waals surface area (Å²) in [6, 6.07) is 6.87. The first-order valence-electron chi connectivity index (χ1n) is 9.46. The van der Waals surface area contributed by atoms with E-state index in [4.69, 9.17) is 9.84 Å². The van der Waals surface area contributed by atoms with Gasteiger partial charge in [-0.3, -0.25) is 9.69 Å². The minimum Gasteiger partial charge on any atom is -0.480 e. The van der Waals surface area contributed by atoms with Gasteiger partial charge in [0, 0.05) is 30.6 Å². The zero-order chi connectivity index (χ0) is 20.8. The zero-order valence-corrected chi connectivity index (χ0v) is 17.0. The fourth-order valence-electron chi connectivity index (χ4n) is 3.07. The van der Waals surface area contributed by atoms with Gasteiger partial charge in [-0.05, 0) is 12.5 Å². The Kier molecular flexibility index (Phi) is 7.32. The molecule has 156 valence electrons. The number of carboxylic acids is 1. The van der Waals surface area contributed by atoms with Gasteiger partial charge < -0.3 is 20.3 Å². The molecular formula is C20H25N3O5S. The Morgan fingerprint density at radius 2 is 1.97 bits per heavy atom. The Bertz CT molecular complexity index is 831. The minimum absolute atomic E-state index is 0.0396. The number of aliphatic hydroxyl groups excluding tert-OH is 1. The van der Waals surface area contributed by atoms with Crippen LogP contribution in [0.25, 0.3) is 10.6 Å². The zero-order valence-electron chi connectivity index (χ0n) is 16.2. The van der Waals surface area contributed by atoms with Crippen LogP contribution in [0.4, 0.5) is 0 Å². The fourth-order valence-corrected chi connectivity index (χ4v) is 3.89. The van der Waals surface area contributed by atoms with Crippen molar-refractivity contribution >= 4 is 23.2 Å². The highest BCUT2D eigenvalue weighted by Gasteiger charge is 2.25. The SMILES string of the molecule is CC(O)C(NC(=O)Cc1csc(-c2ccc(CN3CCOCC3)cc2)n1)C(=O)O. The molecule has 1 aromatic carbocycles. The van der Waals surface area contributed by atoms with E-state index in [1.54, 1.807) is 5.38 Å². The molecule has 1 aliphatic rings. The van der Waals surface area contributed by atoms with Crippen LogP contribution in [0.2, 0.25) is 0 Å². The lowest BCUT2D eigenvalue weighted by atomic mass is 10.1. The molecule has 1 saturated heterocycles. The fraction of sp³-hybridized carbons (Fsp3) is 0.450. The number of rotatable bonds is 8. The smallest absolute Gasteiger partial charge is 0.328 e. The van der Waals surface area contributed by atoms with Crippen LogP contribution in [0.3, 0.4) is 0 Å². The molecule has 0 aliphatic carbocycles. The Morgan fingerprint density at radius 3 is 2.59 bits per heavy atom. The van der Waals surface area contributed by atoms with Gasteiger partial charge in [0.05, 0.1) is 31.4 Å². The Balaban J connectivity index is 1.57. The Labute approximate surface area is 173 Å². The van der Waals surface area contributed by atoms with Crippen molar-refractivity contribution in [3.05, 3.63) is 40.9 Å². The van der Waals surface area contributed by atoms with Crippen LogP contribution in [0.15, 0.2) is 29.6 Å². The number of aromatic nitrogens is 1. The molecule has 1 aromatic heterocycles. The second kappa shape index (κ2) is 9.93. The highest BCUT2D eigenvalue weighted by Crippen LogP contribution is 2.24. The Morgan fingerprint density at radius 1 is 1.28 bits per heavy atom. The number of benzene rings is 1. The van der Waals surface area contributed by atoms with E-state index in [-0.39, 0.29) is 6.42 Å². The van der Waals surface area contributed by atoms with Gasteiger partial charge in [-0.25, -0.2) is 9.78 Å². The molecule has 1 amide bonds. The number of amides is 1. The van der Waals surface area contributed by atoms with Crippen molar-refractivity contribution in [1.82, 2.24) is 15.2 Å². The van der Waals surface area contributed by atoms with E-state index in [0.717, 1.165) is 43.4 Å². The van der Waals surface area contributed by atoms with E-state index in [2.05, 4.69) is 27.3 Å². The largest absolute Gasteiger partial charge is 0.480 e. The lowest BCUT2D eigenvalue weighted by molar-refractivity contribution is -0.144. The highest BCUT2D eigenvalue weighted by atomic mass is 32.1. The molecule has 8 nitrogen and oxygen atoms in total. The molecule has 0 saturated carbocycles. The summed E-state index contributed by atoms with van der Waals surface area (Å²) in [5.41, 5.74) is 2.76. The number of hydrogen-bond acceptors (Lipinski definition) is 7. The number of carboxylic acid groups (broad SMARTS) is 1. The van der Waals surface area contributed by atoms with E-state index in [9.17, 15) is 14.7 Å². The molecule has 1 fully saturated rings. The molecule has 3 N–H and O–H groups in total. The molecule has 2 aromatic rings. The van der Waals surface area contributed by atoms with Gasteiger partial charge >= 0.3 is 5.97 Å². The number of nitrogens with zero attached hydrogens (tertiary/aromatic N) is 2. The third kappa shape index (κ3) is 6.07. The monoisotopic (exact) mass is 419 g/mol. The van der Waals surface area contributed by atoms with Gasteiger partial charge in [0.2, 0.25) is 5.91 Å². The first kappa shape index (κ1) is 21.4. The number of carbonyl (C=O) groups is 2. The quantitative estimate of drug-likeness (QED) is 0.588. The number of morpholine rings is 1. The number of hydrogen-bond donors (Lipinski definition) is 3. The average Bonchev–Trinajstić information content (AvgIpc) is 3.15. The molecular weight excluding hydrogens is 394 g/mol. The van der Waals surface area contributed by atoms with Gasteiger partial charge in [0.25, 0.3) is 0 Å². The molecule has 2 atom stereocenters. The van der Waals surface area contributed by atoms with Crippen LogP contribution in [0.5, 0.6) is 0 Å². The van der Waals surface area contributed by atoms with Crippen LogP contribution in [0.1, 0.15) is 18.2 Å². The normalized spacial score (nSPS) is 16.9. The van der Waals surface area contributed by atoms with Crippen molar-refractivity contribution in [1.29, 1.82) is 0 Å². The summed E-state index contributed by atoms with van der Waals surface area (Å²) in [5, 5.41) is 23.4. The predicted molar refractivity (Wildman–Crippen MR) is 109 cm³/mol. The number of aliphatic carboxylic acids is 1. The number of carbonyl (C=O) groups excluding carboxylic acids is 1. The second-order valence-electron chi connectivity index (χ2n) is 7.03. The summed E-state index contributed by atoms with van der Waals surface area (Å²) < 4.78 is 5.37. The first-order chi connectivity index (χ1) is 13.9. The van der Waals surface area contributed by atoms with Gasteiger partial charge in [-0.2, -0.15) is 0 Å². The maximum atomic E-state index is 12.1. The number of aliphatic hydroxyl groups is 1. The summed E-state index contributed by atoms with van der Waals surface area (Å²) in [7, 11) is 0. The van der Waals surface area contributed by atoms with E-state index in [0.29, 0.717) is 5.69 Å². The summed E-state index contributed by atoms with van der Waals surface area (Å²) in [6.07, 6.45) is -1.22. The van der Waals surface area contributed by atoms with Crippen molar-refractivity contribution < 1.29 is 24.5 Å². The van der Waals surface area contributed by atoms with Crippen LogP contribution >= 0.6 is 11.3 Å². The number of thiazole rings is 1. The topological polar surface area (TPSA) is 112 Å². The predicted octanol–water partition coefficient (Wildman–Crippen LogP) is 1.13. The van der Waals surface area contributed by atoms with Crippen molar-refractivity contribution in [3.63, 3.8) is 0 Å². The molecule has 1 aliphatic heterocycles. The van der Waals surface area contributed by atoms with Gasteiger partial charge in [-0.1, -0.05) is 24.3 Å². The summed E-state index contributed by atoms with van der Waals surface area (Å²) in [5.74, 6) is -1.76. The van der Waals surface area contributed by atoms with E-state index >= 15 is 0 Å². The average molecular weight is 420 g/mol. The van der Waals surface area contributed by atoms with E-state index in [1.807, 2.05) is 12.1 Å². The molecule has 2 unspecified atom stereocenters. The molecule has 0 radical (unpaired) electrons. The van der Waals surface area contributed by atoms with Gasteiger partial charge in [0.15, 0.2) is 6.04 Å². The molecule has 29 heavy (non-hydrogen) atoms. The second-order valence-corrected chi connectivity index (χ2v) is 7.89. The number of nitrogens with one attached hydrogen (secondary N) is 1. The third-order valence-corrected chi connectivity index (χ3v) is 5.61. The highest BCUT2D eigenvalue weighted by molar-refractivity contribution is 7.13. The Hall–Kier alpha value is -2.33. The van der Waals surface area contributed by atoms with Crippen molar-refractivity contribution in [3.8, 4) is 10.6 Å². The maximum absolute atomic E-state index is 12.1.